The van der Waals surface area contributed by atoms with Crippen LogP contribution in [0.3, 0.4) is 0 Å². The first-order valence-corrected chi connectivity index (χ1v) is 7.39. The maximum Gasteiger partial charge on any atom is 0.253 e. The fourth-order valence-electron chi connectivity index (χ4n) is 3.82. The van der Waals surface area contributed by atoms with Crippen LogP contribution in [-0.2, 0) is 0 Å². The third-order valence-corrected chi connectivity index (χ3v) is 4.91. The minimum atomic E-state index is -0.0760. The highest BCUT2D eigenvalue weighted by atomic mass is 16.5. The molecule has 0 saturated heterocycles. The van der Waals surface area contributed by atoms with Crippen LogP contribution in [0.4, 0.5) is 5.69 Å². The van der Waals surface area contributed by atoms with E-state index >= 15 is 0 Å². The van der Waals surface area contributed by atoms with Gasteiger partial charge in [-0.3, -0.25) is 4.79 Å². The fourth-order valence-corrected chi connectivity index (χ4v) is 3.82. The van der Waals surface area contributed by atoms with Gasteiger partial charge in [0, 0.05) is 18.3 Å². The van der Waals surface area contributed by atoms with Gasteiger partial charge in [0.25, 0.3) is 5.91 Å². The Balaban J connectivity index is 1.59. The molecule has 2 bridgehead atoms. The summed E-state index contributed by atoms with van der Waals surface area (Å²) in [5.41, 5.74) is 6.90. The van der Waals surface area contributed by atoms with E-state index in [4.69, 9.17) is 10.5 Å². The SMILES string of the molecule is COc1ccc(C(=O)NCC2CC3CCC2C3)c(N)c1. The van der Waals surface area contributed by atoms with Crippen LogP contribution in [0.15, 0.2) is 18.2 Å². The quantitative estimate of drug-likeness (QED) is 0.829. The Labute approximate surface area is 119 Å². The zero-order valence-electron chi connectivity index (χ0n) is 11.9. The molecule has 1 amide bonds. The van der Waals surface area contributed by atoms with Gasteiger partial charge in [-0.25, -0.2) is 0 Å². The average molecular weight is 274 g/mol. The number of nitrogens with two attached hydrogens (primary N) is 1. The monoisotopic (exact) mass is 274 g/mol. The van der Waals surface area contributed by atoms with Crippen LogP contribution in [0, 0.1) is 17.8 Å². The van der Waals surface area contributed by atoms with Gasteiger partial charge in [0.2, 0.25) is 0 Å². The largest absolute Gasteiger partial charge is 0.497 e. The molecule has 1 aromatic rings. The Hall–Kier alpha value is -1.71. The molecule has 2 saturated carbocycles. The number of carbonyl (C=O) groups excluding carboxylic acids is 1. The number of ether oxygens (including phenoxy) is 1. The molecule has 1 aromatic carbocycles. The minimum Gasteiger partial charge on any atom is -0.497 e. The summed E-state index contributed by atoms with van der Waals surface area (Å²) in [6.07, 6.45) is 5.38. The molecule has 2 aliphatic carbocycles. The highest BCUT2D eigenvalue weighted by Crippen LogP contribution is 2.47. The molecule has 0 heterocycles. The first-order chi connectivity index (χ1) is 9.67. The molecule has 3 atom stereocenters. The van der Waals surface area contributed by atoms with Crippen LogP contribution in [0.25, 0.3) is 0 Å². The first-order valence-electron chi connectivity index (χ1n) is 7.39. The maximum atomic E-state index is 12.2. The number of nitrogens with one attached hydrogen (secondary N) is 1. The molecular weight excluding hydrogens is 252 g/mol. The maximum absolute atomic E-state index is 12.2. The van der Waals surface area contributed by atoms with Gasteiger partial charge in [0.1, 0.15) is 5.75 Å². The highest BCUT2D eigenvalue weighted by molar-refractivity contribution is 5.99. The molecule has 0 aromatic heterocycles. The molecule has 3 N–H and O–H groups in total. The number of rotatable bonds is 4. The molecule has 0 aliphatic heterocycles. The number of nitrogen functional groups attached to an aromatic ring is 1. The van der Waals surface area contributed by atoms with E-state index in [1.807, 2.05) is 0 Å². The Morgan fingerprint density at radius 2 is 2.25 bits per heavy atom. The third kappa shape index (κ3) is 2.47. The molecule has 0 radical (unpaired) electrons. The summed E-state index contributed by atoms with van der Waals surface area (Å²) in [5, 5.41) is 3.04. The van der Waals surface area contributed by atoms with Crippen LogP contribution in [0.1, 0.15) is 36.0 Å². The Morgan fingerprint density at radius 1 is 1.40 bits per heavy atom. The van der Waals surface area contributed by atoms with Crippen molar-refractivity contribution in [3.63, 3.8) is 0 Å². The molecule has 20 heavy (non-hydrogen) atoms. The van der Waals surface area contributed by atoms with Gasteiger partial charge in [-0.1, -0.05) is 6.42 Å². The van der Waals surface area contributed by atoms with Crippen LogP contribution in [0.5, 0.6) is 5.75 Å². The van der Waals surface area contributed by atoms with Gasteiger partial charge >= 0.3 is 0 Å². The Morgan fingerprint density at radius 3 is 2.85 bits per heavy atom. The van der Waals surface area contributed by atoms with Crippen molar-refractivity contribution >= 4 is 11.6 Å². The third-order valence-electron chi connectivity index (χ3n) is 4.91. The number of hydrogen-bond donors (Lipinski definition) is 2. The normalized spacial score (nSPS) is 27.6. The van der Waals surface area contributed by atoms with Gasteiger partial charge in [0.05, 0.1) is 12.7 Å². The molecule has 2 aliphatic rings. The molecule has 4 heteroatoms. The van der Waals surface area contributed by atoms with Gasteiger partial charge < -0.3 is 15.8 Å². The van der Waals surface area contributed by atoms with Crippen molar-refractivity contribution in [3.8, 4) is 5.75 Å². The molecule has 3 unspecified atom stereocenters. The van der Waals surface area contributed by atoms with Crippen LogP contribution in [0.2, 0.25) is 0 Å². The molecule has 4 nitrogen and oxygen atoms in total. The standard InChI is InChI=1S/C16H22N2O2/c1-20-13-4-5-14(15(17)8-13)16(19)18-9-12-7-10-2-3-11(12)6-10/h4-5,8,10-12H,2-3,6-7,9,17H2,1H3,(H,18,19). The average Bonchev–Trinajstić information content (AvgIpc) is 3.07. The summed E-state index contributed by atoms with van der Waals surface area (Å²) < 4.78 is 5.09. The molecule has 0 spiro atoms. The predicted molar refractivity (Wildman–Crippen MR) is 78.7 cm³/mol. The second kappa shape index (κ2) is 5.35. The van der Waals surface area contributed by atoms with E-state index in [2.05, 4.69) is 5.32 Å². The van der Waals surface area contributed by atoms with Crippen molar-refractivity contribution in [1.82, 2.24) is 5.32 Å². The molecule has 3 rings (SSSR count). The van der Waals surface area contributed by atoms with E-state index < -0.39 is 0 Å². The molecular formula is C16H22N2O2. The molecule has 108 valence electrons. The van der Waals surface area contributed by atoms with E-state index in [9.17, 15) is 4.79 Å². The van der Waals surface area contributed by atoms with E-state index in [1.54, 1.807) is 25.3 Å². The Kier molecular flexibility index (Phi) is 3.55. The number of fused-ring (bicyclic) bond motifs is 2. The number of amides is 1. The van der Waals surface area contributed by atoms with Crippen LogP contribution in [-0.4, -0.2) is 19.6 Å². The summed E-state index contributed by atoms with van der Waals surface area (Å²) in [6.45, 7) is 0.783. The summed E-state index contributed by atoms with van der Waals surface area (Å²) >= 11 is 0. The summed E-state index contributed by atoms with van der Waals surface area (Å²) in [7, 11) is 1.59. The van der Waals surface area contributed by atoms with Crippen molar-refractivity contribution in [2.45, 2.75) is 25.7 Å². The fraction of sp³-hybridized carbons (Fsp3) is 0.562. The zero-order valence-corrected chi connectivity index (χ0v) is 11.9. The smallest absolute Gasteiger partial charge is 0.253 e. The second-order valence-electron chi connectivity index (χ2n) is 6.10. The van der Waals surface area contributed by atoms with Crippen molar-refractivity contribution < 1.29 is 9.53 Å². The van der Waals surface area contributed by atoms with E-state index in [1.165, 1.54) is 25.7 Å². The Bertz CT molecular complexity index is 515. The lowest BCUT2D eigenvalue weighted by Crippen LogP contribution is -2.32. The van der Waals surface area contributed by atoms with E-state index in [0.717, 1.165) is 18.4 Å². The topological polar surface area (TPSA) is 64.3 Å². The lowest BCUT2D eigenvalue weighted by molar-refractivity contribution is 0.0942. The number of benzene rings is 1. The van der Waals surface area contributed by atoms with Crippen molar-refractivity contribution in [2.24, 2.45) is 17.8 Å². The van der Waals surface area contributed by atoms with E-state index in [0.29, 0.717) is 22.9 Å². The minimum absolute atomic E-state index is 0.0760. The summed E-state index contributed by atoms with van der Waals surface area (Å²) in [5.74, 6) is 3.00. The van der Waals surface area contributed by atoms with Crippen molar-refractivity contribution in [2.75, 3.05) is 19.4 Å². The number of hydrogen-bond acceptors (Lipinski definition) is 3. The van der Waals surface area contributed by atoms with Crippen LogP contribution < -0.4 is 15.8 Å². The summed E-state index contributed by atoms with van der Waals surface area (Å²) in [6, 6.07) is 5.18. The highest BCUT2D eigenvalue weighted by Gasteiger charge is 2.39. The number of carbonyl (C=O) groups is 1. The number of methoxy groups -OCH3 is 1. The van der Waals surface area contributed by atoms with Gasteiger partial charge in [-0.2, -0.15) is 0 Å². The van der Waals surface area contributed by atoms with Crippen molar-refractivity contribution in [1.29, 1.82) is 0 Å². The zero-order chi connectivity index (χ0) is 14.1. The lowest BCUT2D eigenvalue weighted by Gasteiger charge is -2.22. The van der Waals surface area contributed by atoms with Crippen LogP contribution >= 0.6 is 0 Å². The van der Waals surface area contributed by atoms with Gasteiger partial charge in [-0.15, -0.1) is 0 Å². The first kappa shape index (κ1) is 13.3. The van der Waals surface area contributed by atoms with Gasteiger partial charge in [0.15, 0.2) is 0 Å². The lowest BCUT2D eigenvalue weighted by atomic mass is 9.89. The molecule has 2 fully saturated rings. The van der Waals surface area contributed by atoms with Crippen molar-refractivity contribution in [3.05, 3.63) is 23.8 Å². The van der Waals surface area contributed by atoms with E-state index in [-0.39, 0.29) is 5.91 Å². The second-order valence-corrected chi connectivity index (χ2v) is 6.10. The van der Waals surface area contributed by atoms with Gasteiger partial charge in [-0.05, 0) is 49.1 Å². The predicted octanol–water partition coefficient (Wildman–Crippen LogP) is 2.44. The number of anilines is 1. The summed E-state index contributed by atoms with van der Waals surface area (Å²) in [4.78, 5) is 12.2.